The molecule has 4 heteroatoms. The lowest BCUT2D eigenvalue weighted by atomic mass is 10.0. The summed E-state index contributed by atoms with van der Waals surface area (Å²) in [5, 5.41) is 3.37. The van der Waals surface area contributed by atoms with E-state index < -0.39 is 0 Å². The van der Waals surface area contributed by atoms with E-state index in [4.69, 9.17) is 4.74 Å². The van der Waals surface area contributed by atoms with Gasteiger partial charge in [-0.2, -0.15) is 0 Å². The summed E-state index contributed by atoms with van der Waals surface area (Å²) in [5.41, 5.74) is 1.39. The summed E-state index contributed by atoms with van der Waals surface area (Å²) in [6.07, 6.45) is 3.69. The number of nitrogens with one attached hydrogen (secondary N) is 1. The summed E-state index contributed by atoms with van der Waals surface area (Å²) in [6, 6.07) is 9.14. The lowest BCUT2D eigenvalue weighted by Crippen LogP contribution is -2.41. The van der Waals surface area contributed by atoms with Gasteiger partial charge in [-0.05, 0) is 57.1 Å². The first-order chi connectivity index (χ1) is 8.81. The second kappa shape index (κ2) is 8.41. The van der Waals surface area contributed by atoms with E-state index in [9.17, 15) is 0 Å². The molecule has 3 nitrogen and oxygen atoms in total. The number of piperidine rings is 1. The molecule has 0 aromatic heterocycles. The van der Waals surface area contributed by atoms with Crippen LogP contribution in [0.5, 0.6) is 5.75 Å². The lowest BCUT2D eigenvalue weighted by Gasteiger charge is -2.31. The Labute approximate surface area is 122 Å². The molecule has 0 spiro atoms. The Kier molecular flexibility index (Phi) is 7.21. The number of likely N-dealkylation sites (tertiary alicyclic amines) is 1. The van der Waals surface area contributed by atoms with E-state index in [1.807, 2.05) is 12.1 Å². The van der Waals surface area contributed by atoms with E-state index >= 15 is 0 Å². The van der Waals surface area contributed by atoms with Gasteiger partial charge in [0.15, 0.2) is 0 Å². The van der Waals surface area contributed by atoms with Crippen LogP contribution in [0.2, 0.25) is 0 Å². The van der Waals surface area contributed by atoms with Crippen LogP contribution in [-0.4, -0.2) is 44.7 Å². The predicted octanol–water partition coefficient (Wildman–Crippen LogP) is 2.34. The van der Waals surface area contributed by atoms with Crippen molar-refractivity contribution in [2.24, 2.45) is 0 Å². The molecule has 1 aromatic rings. The molecular weight excluding hydrogens is 260 g/mol. The van der Waals surface area contributed by atoms with Crippen LogP contribution < -0.4 is 10.1 Å². The smallest absolute Gasteiger partial charge is 0.118 e. The van der Waals surface area contributed by atoms with Crippen molar-refractivity contribution in [1.29, 1.82) is 0 Å². The van der Waals surface area contributed by atoms with Crippen LogP contribution in [0.1, 0.15) is 18.4 Å². The molecule has 0 unspecified atom stereocenters. The topological polar surface area (TPSA) is 24.5 Å². The molecule has 0 atom stereocenters. The van der Waals surface area contributed by atoms with Crippen molar-refractivity contribution >= 4 is 12.4 Å². The van der Waals surface area contributed by atoms with Gasteiger partial charge < -0.3 is 15.0 Å². The average molecular weight is 285 g/mol. The van der Waals surface area contributed by atoms with Gasteiger partial charge in [-0.15, -0.1) is 12.4 Å². The van der Waals surface area contributed by atoms with Gasteiger partial charge in [-0.25, -0.2) is 0 Å². The third kappa shape index (κ3) is 5.01. The van der Waals surface area contributed by atoms with E-state index in [2.05, 4.69) is 29.4 Å². The van der Waals surface area contributed by atoms with Crippen molar-refractivity contribution in [3.63, 3.8) is 0 Å². The zero-order valence-electron chi connectivity index (χ0n) is 11.9. The molecule has 0 amide bonds. The van der Waals surface area contributed by atoms with Crippen molar-refractivity contribution in [2.75, 3.05) is 33.8 Å². The Morgan fingerprint density at radius 1 is 1.21 bits per heavy atom. The monoisotopic (exact) mass is 284 g/mol. The second-order valence-electron chi connectivity index (χ2n) is 5.00. The Morgan fingerprint density at radius 3 is 2.37 bits per heavy atom. The number of halogens is 1. The van der Waals surface area contributed by atoms with E-state index in [-0.39, 0.29) is 12.4 Å². The Bertz CT molecular complexity index is 348. The van der Waals surface area contributed by atoms with Crippen LogP contribution in [0.25, 0.3) is 0 Å². The van der Waals surface area contributed by atoms with E-state index in [1.165, 1.54) is 38.0 Å². The van der Waals surface area contributed by atoms with E-state index in [1.54, 1.807) is 7.11 Å². The number of nitrogens with zero attached hydrogens (tertiary/aromatic N) is 1. The molecule has 0 radical (unpaired) electrons. The first kappa shape index (κ1) is 16.3. The summed E-state index contributed by atoms with van der Waals surface area (Å²) < 4.78 is 5.17. The fourth-order valence-electron chi connectivity index (χ4n) is 2.52. The van der Waals surface area contributed by atoms with E-state index in [0.717, 1.165) is 18.2 Å². The third-order valence-corrected chi connectivity index (χ3v) is 3.87. The summed E-state index contributed by atoms with van der Waals surface area (Å²) in [4.78, 5) is 2.57. The van der Waals surface area contributed by atoms with Crippen molar-refractivity contribution < 1.29 is 4.74 Å². The molecule has 1 aliphatic rings. The highest BCUT2D eigenvalue weighted by atomic mass is 35.5. The second-order valence-corrected chi connectivity index (χ2v) is 5.00. The predicted molar refractivity (Wildman–Crippen MR) is 82.5 cm³/mol. The molecule has 1 fully saturated rings. The summed E-state index contributed by atoms with van der Waals surface area (Å²) in [5.74, 6) is 0.939. The number of hydrogen-bond donors (Lipinski definition) is 1. The highest BCUT2D eigenvalue weighted by Crippen LogP contribution is 2.14. The molecule has 1 N–H and O–H groups in total. The van der Waals surface area contributed by atoms with Gasteiger partial charge in [-0.1, -0.05) is 12.1 Å². The largest absolute Gasteiger partial charge is 0.497 e. The first-order valence-corrected chi connectivity index (χ1v) is 6.84. The number of benzene rings is 1. The number of hydrogen-bond acceptors (Lipinski definition) is 3. The van der Waals surface area contributed by atoms with Gasteiger partial charge >= 0.3 is 0 Å². The quantitative estimate of drug-likeness (QED) is 0.898. The van der Waals surface area contributed by atoms with Crippen LogP contribution in [0.3, 0.4) is 0 Å². The Hall–Kier alpha value is -0.770. The van der Waals surface area contributed by atoms with Crippen molar-refractivity contribution in [3.05, 3.63) is 29.8 Å². The minimum Gasteiger partial charge on any atom is -0.497 e. The van der Waals surface area contributed by atoms with Gasteiger partial charge in [0.1, 0.15) is 5.75 Å². The Balaban J connectivity index is 0.00000180. The molecule has 1 aromatic carbocycles. The average Bonchev–Trinajstić information content (AvgIpc) is 2.46. The van der Waals surface area contributed by atoms with Gasteiger partial charge in [0.2, 0.25) is 0 Å². The summed E-state index contributed by atoms with van der Waals surface area (Å²) in [7, 11) is 3.78. The molecule has 0 aliphatic carbocycles. The molecule has 0 bridgehead atoms. The highest BCUT2D eigenvalue weighted by molar-refractivity contribution is 5.85. The van der Waals surface area contributed by atoms with Crippen LogP contribution in [-0.2, 0) is 6.42 Å². The number of methoxy groups -OCH3 is 1. The van der Waals surface area contributed by atoms with Gasteiger partial charge in [0, 0.05) is 12.6 Å². The molecule has 1 aliphatic heterocycles. The molecule has 108 valence electrons. The third-order valence-electron chi connectivity index (χ3n) is 3.87. The van der Waals surface area contributed by atoms with Gasteiger partial charge in [0.05, 0.1) is 7.11 Å². The SMILES string of the molecule is CNC1CCN(CCc2ccc(OC)cc2)CC1.Cl. The van der Waals surface area contributed by atoms with Crippen LogP contribution in [0.4, 0.5) is 0 Å². The van der Waals surface area contributed by atoms with Gasteiger partial charge in [-0.3, -0.25) is 0 Å². The van der Waals surface area contributed by atoms with Crippen LogP contribution in [0, 0.1) is 0 Å². The van der Waals surface area contributed by atoms with Crippen LogP contribution in [0.15, 0.2) is 24.3 Å². The fourth-order valence-corrected chi connectivity index (χ4v) is 2.52. The molecule has 1 saturated heterocycles. The van der Waals surface area contributed by atoms with E-state index in [0.29, 0.717) is 0 Å². The summed E-state index contributed by atoms with van der Waals surface area (Å²) in [6.45, 7) is 3.62. The van der Waals surface area contributed by atoms with Crippen molar-refractivity contribution in [3.8, 4) is 5.75 Å². The number of ether oxygens (including phenoxy) is 1. The minimum absolute atomic E-state index is 0. The maximum absolute atomic E-state index is 5.17. The number of rotatable bonds is 5. The lowest BCUT2D eigenvalue weighted by molar-refractivity contribution is 0.204. The molecule has 0 saturated carbocycles. The molecule has 19 heavy (non-hydrogen) atoms. The molecular formula is C15H25ClN2O. The fraction of sp³-hybridized carbons (Fsp3) is 0.600. The van der Waals surface area contributed by atoms with Crippen molar-refractivity contribution in [1.82, 2.24) is 10.2 Å². The normalized spacial score (nSPS) is 16.9. The maximum atomic E-state index is 5.17. The molecule has 2 rings (SSSR count). The summed E-state index contributed by atoms with van der Waals surface area (Å²) >= 11 is 0. The zero-order chi connectivity index (χ0) is 12.8. The Morgan fingerprint density at radius 2 is 1.84 bits per heavy atom. The zero-order valence-corrected chi connectivity index (χ0v) is 12.7. The minimum atomic E-state index is 0. The van der Waals surface area contributed by atoms with Crippen molar-refractivity contribution in [2.45, 2.75) is 25.3 Å². The first-order valence-electron chi connectivity index (χ1n) is 6.84. The van der Waals surface area contributed by atoms with Gasteiger partial charge in [0.25, 0.3) is 0 Å². The standard InChI is InChI=1S/C15H24N2O.ClH/c1-16-14-8-11-17(12-9-14)10-7-13-3-5-15(18-2)6-4-13;/h3-6,14,16H,7-12H2,1-2H3;1H. The highest BCUT2D eigenvalue weighted by Gasteiger charge is 2.16. The van der Waals surface area contributed by atoms with Crippen LogP contribution >= 0.6 is 12.4 Å². The molecule has 1 heterocycles. The maximum Gasteiger partial charge on any atom is 0.118 e.